The molecule has 0 bridgehead atoms. The first kappa shape index (κ1) is 17.2. The summed E-state index contributed by atoms with van der Waals surface area (Å²) in [6.07, 6.45) is 2.19. The number of halogens is 1. The van der Waals surface area contributed by atoms with E-state index in [-0.39, 0.29) is 11.6 Å². The highest BCUT2D eigenvalue weighted by atomic mass is 32.2. The first-order chi connectivity index (χ1) is 9.93. The lowest BCUT2D eigenvalue weighted by atomic mass is 10.1. The van der Waals surface area contributed by atoms with Gasteiger partial charge < -0.3 is 10.4 Å². The first-order valence-corrected chi connectivity index (χ1v) is 7.68. The van der Waals surface area contributed by atoms with Crippen molar-refractivity contribution in [3.63, 3.8) is 0 Å². The molecule has 2 N–H and O–H groups in total. The monoisotopic (exact) mass is 311 g/mol. The summed E-state index contributed by atoms with van der Waals surface area (Å²) in [5.74, 6) is -0.525. The summed E-state index contributed by atoms with van der Waals surface area (Å²) in [6, 6.07) is 3.95. The van der Waals surface area contributed by atoms with Crippen molar-refractivity contribution in [3.8, 4) is 0 Å². The summed E-state index contributed by atoms with van der Waals surface area (Å²) in [4.78, 5) is 22.3. The second-order valence-corrected chi connectivity index (χ2v) is 5.76. The molecule has 1 amide bonds. The molecular weight excluding hydrogens is 293 g/mol. The molecule has 0 heterocycles. The average Bonchev–Trinajstić information content (AvgIpc) is 2.42. The third-order valence-electron chi connectivity index (χ3n) is 2.61. The highest BCUT2D eigenvalue weighted by Crippen LogP contribution is 2.12. The van der Waals surface area contributed by atoms with Crippen LogP contribution in [0.3, 0.4) is 0 Å². The van der Waals surface area contributed by atoms with Gasteiger partial charge in [-0.3, -0.25) is 4.79 Å². The fourth-order valence-electron chi connectivity index (χ4n) is 1.62. The van der Waals surface area contributed by atoms with Crippen LogP contribution in [0.15, 0.2) is 24.3 Å². The van der Waals surface area contributed by atoms with Crippen LogP contribution in [0, 0.1) is 5.82 Å². The summed E-state index contributed by atoms with van der Waals surface area (Å²) in [7, 11) is 0. The number of amides is 1. The molecule has 0 aliphatic heterocycles. The molecule has 0 saturated heterocycles. The highest BCUT2D eigenvalue weighted by Gasteiger charge is 2.14. The van der Waals surface area contributed by atoms with Gasteiger partial charge in [-0.15, -0.1) is 0 Å². The molecule has 1 aromatic rings. The van der Waals surface area contributed by atoms with Crippen LogP contribution in [0.2, 0.25) is 0 Å². The number of benzene rings is 1. The summed E-state index contributed by atoms with van der Waals surface area (Å²) in [6.45, 7) is 3.89. The molecule has 0 fully saturated rings. The lowest BCUT2D eigenvalue weighted by molar-refractivity contribution is -0.131. The van der Waals surface area contributed by atoms with Crippen LogP contribution in [-0.4, -0.2) is 34.5 Å². The van der Waals surface area contributed by atoms with Crippen LogP contribution >= 0.6 is 11.8 Å². The van der Waals surface area contributed by atoms with E-state index in [1.54, 1.807) is 11.8 Å². The Labute approximate surface area is 127 Å². The van der Waals surface area contributed by atoms with Crippen molar-refractivity contribution in [3.05, 3.63) is 41.2 Å². The zero-order valence-electron chi connectivity index (χ0n) is 11.9. The van der Waals surface area contributed by atoms with Crippen molar-refractivity contribution in [2.75, 3.05) is 11.5 Å². The predicted molar refractivity (Wildman–Crippen MR) is 83.0 cm³/mol. The van der Waals surface area contributed by atoms with E-state index in [9.17, 15) is 14.0 Å². The minimum atomic E-state index is -1.11. The van der Waals surface area contributed by atoms with E-state index >= 15 is 0 Å². The molecule has 0 aliphatic rings. The Kier molecular flexibility index (Phi) is 6.94. The van der Waals surface area contributed by atoms with Crippen LogP contribution in [0.25, 0.3) is 6.08 Å². The minimum Gasteiger partial charge on any atom is -0.478 e. The minimum absolute atomic E-state index is 0.0455. The standard InChI is InChI=1S/C15H18FNO3S/c1-3-21-9-10(2)17-15(20)12-6-4-11(8-13(12)16)5-7-14(18)19/h4-8,10H,3,9H2,1-2H3,(H,17,20)(H,18,19)/b7-5+. The van der Waals surface area contributed by atoms with Crippen molar-refractivity contribution in [2.24, 2.45) is 0 Å². The van der Waals surface area contributed by atoms with Gasteiger partial charge in [-0.1, -0.05) is 13.0 Å². The molecular formula is C15H18FNO3S. The van der Waals surface area contributed by atoms with Crippen LogP contribution in [0.1, 0.15) is 29.8 Å². The third kappa shape index (κ3) is 5.99. The van der Waals surface area contributed by atoms with Gasteiger partial charge in [-0.2, -0.15) is 11.8 Å². The molecule has 0 aliphatic carbocycles. The SMILES string of the molecule is CCSCC(C)NC(=O)c1ccc(/C=C/C(=O)O)cc1F. The zero-order chi connectivity index (χ0) is 15.8. The van der Waals surface area contributed by atoms with E-state index in [1.807, 2.05) is 13.8 Å². The van der Waals surface area contributed by atoms with Crippen LogP contribution in [-0.2, 0) is 4.79 Å². The van der Waals surface area contributed by atoms with Gasteiger partial charge in [0.15, 0.2) is 0 Å². The average molecular weight is 311 g/mol. The lowest BCUT2D eigenvalue weighted by Crippen LogP contribution is -2.34. The lowest BCUT2D eigenvalue weighted by Gasteiger charge is -2.13. The van der Waals surface area contributed by atoms with Gasteiger partial charge in [-0.05, 0) is 36.4 Å². The van der Waals surface area contributed by atoms with Crippen LogP contribution in [0.5, 0.6) is 0 Å². The maximum Gasteiger partial charge on any atom is 0.328 e. The molecule has 0 saturated carbocycles. The Hall–Kier alpha value is -1.82. The van der Waals surface area contributed by atoms with Crippen molar-refractivity contribution in [2.45, 2.75) is 19.9 Å². The van der Waals surface area contributed by atoms with Crippen LogP contribution in [0.4, 0.5) is 4.39 Å². The quantitative estimate of drug-likeness (QED) is 0.760. The Bertz CT molecular complexity index is 546. The number of carboxylic acid groups (broad SMARTS) is 1. The zero-order valence-corrected chi connectivity index (χ0v) is 12.7. The molecule has 1 unspecified atom stereocenters. The van der Waals surface area contributed by atoms with E-state index in [0.717, 1.165) is 23.6 Å². The van der Waals surface area contributed by atoms with Crippen molar-refractivity contribution in [1.29, 1.82) is 0 Å². The van der Waals surface area contributed by atoms with Gasteiger partial charge >= 0.3 is 5.97 Å². The fraction of sp³-hybridized carbons (Fsp3) is 0.333. The number of carbonyl (C=O) groups excluding carboxylic acids is 1. The van der Waals surface area contributed by atoms with E-state index in [0.29, 0.717) is 5.56 Å². The van der Waals surface area contributed by atoms with Gasteiger partial charge in [0.2, 0.25) is 0 Å². The molecule has 1 aromatic carbocycles. The molecule has 0 radical (unpaired) electrons. The van der Waals surface area contributed by atoms with Gasteiger partial charge in [0.1, 0.15) is 5.82 Å². The molecule has 1 rings (SSSR count). The molecule has 1 atom stereocenters. The Morgan fingerprint density at radius 2 is 2.19 bits per heavy atom. The number of carbonyl (C=O) groups is 2. The molecule has 6 heteroatoms. The van der Waals surface area contributed by atoms with E-state index < -0.39 is 17.7 Å². The van der Waals surface area contributed by atoms with Crippen molar-refractivity contribution >= 4 is 29.7 Å². The number of thioether (sulfide) groups is 1. The molecule has 0 spiro atoms. The predicted octanol–water partition coefficient (Wildman–Crippen LogP) is 2.79. The maximum absolute atomic E-state index is 13.9. The molecule has 114 valence electrons. The summed E-state index contributed by atoms with van der Waals surface area (Å²) < 4.78 is 13.9. The number of aliphatic carboxylic acids is 1. The largest absolute Gasteiger partial charge is 0.478 e. The Balaban J connectivity index is 2.75. The number of rotatable bonds is 7. The number of carboxylic acids is 1. The Morgan fingerprint density at radius 3 is 2.76 bits per heavy atom. The fourth-order valence-corrected chi connectivity index (χ4v) is 2.30. The first-order valence-electron chi connectivity index (χ1n) is 6.53. The van der Waals surface area contributed by atoms with E-state index in [2.05, 4.69) is 5.32 Å². The molecule has 4 nitrogen and oxygen atoms in total. The molecule has 0 aromatic heterocycles. The number of hydrogen-bond donors (Lipinski definition) is 2. The Morgan fingerprint density at radius 1 is 1.48 bits per heavy atom. The topological polar surface area (TPSA) is 66.4 Å². The maximum atomic E-state index is 13.9. The number of hydrogen-bond acceptors (Lipinski definition) is 3. The van der Waals surface area contributed by atoms with Gasteiger partial charge in [0.25, 0.3) is 5.91 Å². The summed E-state index contributed by atoms with van der Waals surface area (Å²) >= 11 is 1.70. The second kappa shape index (κ2) is 8.46. The van der Waals surface area contributed by atoms with E-state index in [1.165, 1.54) is 18.2 Å². The second-order valence-electron chi connectivity index (χ2n) is 4.44. The van der Waals surface area contributed by atoms with Gasteiger partial charge in [-0.25, -0.2) is 9.18 Å². The van der Waals surface area contributed by atoms with E-state index in [4.69, 9.17) is 5.11 Å². The smallest absolute Gasteiger partial charge is 0.328 e. The summed E-state index contributed by atoms with van der Waals surface area (Å²) in [5, 5.41) is 11.2. The third-order valence-corrected chi connectivity index (χ3v) is 3.75. The van der Waals surface area contributed by atoms with Crippen LogP contribution < -0.4 is 5.32 Å². The molecule has 21 heavy (non-hydrogen) atoms. The van der Waals surface area contributed by atoms with Crippen molar-refractivity contribution in [1.82, 2.24) is 5.32 Å². The normalized spacial score (nSPS) is 12.3. The highest BCUT2D eigenvalue weighted by molar-refractivity contribution is 7.99. The van der Waals surface area contributed by atoms with Gasteiger partial charge in [0, 0.05) is 17.9 Å². The van der Waals surface area contributed by atoms with Gasteiger partial charge in [0.05, 0.1) is 5.56 Å². The number of nitrogens with one attached hydrogen (secondary N) is 1. The van der Waals surface area contributed by atoms with Crippen molar-refractivity contribution < 1.29 is 19.1 Å². The summed E-state index contributed by atoms with van der Waals surface area (Å²) in [5.41, 5.74) is 0.344.